The van der Waals surface area contributed by atoms with Crippen molar-refractivity contribution in [1.82, 2.24) is 10.3 Å². The van der Waals surface area contributed by atoms with Gasteiger partial charge in [0, 0.05) is 32.2 Å². The second-order valence-electron chi connectivity index (χ2n) is 12.5. The molecule has 0 radical (unpaired) electrons. The number of rotatable bonds is 27. The van der Waals surface area contributed by atoms with Crippen LogP contribution in [0.4, 0.5) is 5.82 Å². The molecule has 0 atom stereocenters. The van der Waals surface area contributed by atoms with Crippen LogP contribution < -0.4 is 10.0 Å². The molecule has 0 aliphatic rings. The number of aromatic nitrogens is 1. The van der Waals surface area contributed by atoms with Crippen LogP contribution in [0.25, 0.3) is 0 Å². The molecule has 0 saturated heterocycles. The topological polar surface area (TPSA) is 206 Å². The molecule has 1 aromatic heterocycles. The predicted molar refractivity (Wildman–Crippen MR) is 187 cm³/mol. The van der Waals surface area contributed by atoms with Gasteiger partial charge in [-0.1, -0.05) is 18.6 Å². The van der Waals surface area contributed by atoms with E-state index in [0.29, 0.717) is 25.9 Å². The van der Waals surface area contributed by atoms with E-state index in [4.69, 9.17) is 28.8 Å². The highest BCUT2D eigenvalue weighted by molar-refractivity contribution is 7.92. The predicted octanol–water partition coefficient (Wildman–Crippen LogP) is 3.56. The number of pyridine rings is 1. The Balaban J connectivity index is 1.57. The SMILES string of the molecule is CC(C)(C)OC(=O)CCCCCc1ccc(S(=O)(=O)Nc2ccc(C(=O)NCCOCCOCC(=O)CCCOCCOCC(=O)O)cn2)cc1. The lowest BCUT2D eigenvalue weighted by Crippen LogP contribution is -2.28. The van der Waals surface area contributed by atoms with E-state index < -0.39 is 27.5 Å². The maximum Gasteiger partial charge on any atom is 0.329 e. The Morgan fingerprint density at radius 1 is 0.765 bits per heavy atom. The van der Waals surface area contributed by atoms with E-state index in [2.05, 4.69) is 15.0 Å². The van der Waals surface area contributed by atoms with Crippen LogP contribution in [-0.2, 0) is 54.5 Å². The van der Waals surface area contributed by atoms with Gasteiger partial charge in [-0.2, -0.15) is 0 Å². The van der Waals surface area contributed by atoms with E-state index in [-0.39, 0.29) is 80.8 Å². The van der Waals surface area contributed by atoms with Crippen molar-refractivity contribution < 1.29 is 56.4 Å². The van der Waals surface area contributed by atoms with Gasteiger partial charge in [0.1, 0.15) is 24.6 Å². The van der Waals surface area contributed by atoms with Gasteiger partial charge in [0.15, 0.2) is 5.78 Å². The number of hydrogen-bond acceptors (Lipinski definition) is 12. The van der Waals surface area contributed by atoms with Crippen LogP contribution in [0.3, 0.4) is 0 Å². The molecule has 0 saturated carbocycles. The molecule has 284 valence electrons. The number of amides is 1. The number of unbranched alkanes of at least 4 members (excludes halogenated alkanes) is 2. The molecular weight excluding hydrogens is 686 g/mol. The van der Waals surface area contributed by atoms with Crippen molar-refractivity contribution in [3.05, 3.63) is 53.7 Å². The van der Waals surface area contributed by atoms with E-state index >= 15 is 0 Å². The summed E-state index contributed by atoms with van der Waals surface area (Å²) in [7, 11) is -3.89. The first-order chi connectivity index (χ1) is 24.2. The first-order valence-electron chi connectivity index (χ1n) is 16.9. The maximum atomic E-state index is 12.9. The van der Waals surface area contributed by atoms with Crippen LogP contribution in [0.2, 0.25) is 0 Å². The van der Waals surface area contributed by atoms with Crippen molar-refractivity contribution >= 4 is 39.5 Å². The number of aryl methyl sites for hydroxylation is 1. The Labute approximate surface area is 299 Å². The minimum absolute atomic E-state index is 0.0474. The van der Waals surface area contributed by atoms with Gasteiger partial charge in [-0.25, -0.2) is 18.2 Å². The standard InChI is InChI=1S/C35H51N3O12S/c1-35(2,3)50-33(42)10-6-4-5-8-27-11-14-30(15-12-27)51(44,45)38-31-16-13-28(24-37-31)34(43)36-17-19-47-21-22-48-25-29(39)9-7-18-46-20-23-49-26-32(40)41/h11-16,24H,4-10,17-23,25-26H2,1-3H3,(H,36,43)(H,37,38)(H,40,41). The second kappa shape index (κ2) is 23.5. The summed E-state index contributed by atoms with van der Waals surface area (Å²) in [6.45, 7) is 6.76. The fourth-order valence-corrected chi connectivity index (χ4v) is 5.36. The van der Waals surface area contributed by atoms with Gasteiger partial charge in [0.2, 0.25) is 0 Å². The van der Waals surface area contributed by atoms with Gasteiger partial charge in [-0.3, -0.25) is 19.1 Å². The molecule has 0 aliphatic carbocycles. The monoisotopic (exact) mass is 737 g/mol. The van der Waals surface area contributed by atoms with Gasteiger partial charge < -0.3 is 34.1 Å². The third-order valence-electron chi connectivity index (χ3n) is 6.77. The fraction of sp³-hybridized carbons (Fsp3) is 0.571. The molecule has 0 unspecified atom stereocenters. The highest BCUT2D eigenvalue weighted by atomic mass is 32.2. The van der Waals surface area contributed by atoms with E-state index in [1.54, 1.807) is 12.1 Å². The van der Waals surface area contributed by atoms with E-state index in [9.17, 15) is 27.6 Å². The number of benzene rings is 1. The number of sulfonamides is 1. The number of nitrogens with zero attached hydrogens (tertiary/aromatic N) is 1. The molecule has 15 nitrogen and oxygen atoms in total. The molecule has 16 heteroatoms. The zero-order chi connectivity index (χ0) is 37.5. The molecular formula is C35H51N3O12S. The number of aliphatic carboxylic acids is 1. The van der Waals surface area contributed by atoms with E-state index in [1.165, 1.54) is 30.5 Å². The molecule has 3 N–H and O–H groups in total. The van der Waals surface area contributed by atoms with Crippen molar-refractivity contribution in [1.29, 1.82) is 0 Å². The molecule has 0 aliphatic heterocycles. The molecule has 0 spiro atoms. The number of carbonyl (C=O) groups is 4. The molecule has 2 rings (SSSR count). The first kappa shape index (κ1) is 43.2. The number of anilines is 1. The number of carboxylic acid groups (broad SMARTS) is 1. The van der Waals surface area contributed by atoms with Gasteiger partial charge in [-0.05, 0) is 76.3 Å². The largest absolute Gasteiger partial charge is 0.480 e. The lowest BCUT2D eigenvalue weighted by molar-refractivity contribution is -0.155. The highest BCUT2D eigenvalue weighted by Gasteiger charge is 2.17. The Morgan fingerprint density at radius 2 is 1.43 bits per heavy atom. The molecule has 2 aromatic rings. The molecule has 1 heterocycles. The van der Waals surface area contributed by atoms with Crippen LogP contribution in [0, 0.1) is 0 Å². The highest BCUT2D eigenvalue weighted by Crippen LogP contribution is 2.17. The molecule has 1 amide bonds. The number of ketones is 1. The van der Waals surface area contributed by atoms with Gasteiger partial charge in [0.25, 0.3) is 15.9 Å². The zero-order valence-electron chi connectivity index (χ0n) is 29.6. The summed E-state index contributed by atoms with van der Waals surface area (Å²) in [4.78, 5) is 50.5. The summed E-state index contributed by atoms with van der Waals surface area (Å²) in [5.41, 5.74) is 0.742. The average molecular weight is 738 g/mol. The van der Waals surface area contributed by atoms with Crippen molar-refractivity contribution in [2.45, 2.75) is 76.2 Å². The summed E-state index contributed by atoms with van der Waals surface area (Å²) in [6, 6.07) is 9.44. The van der Waals surface area contributed by atoms with Crippen molar-refractivity contribution in [3.63, 3.8) is 0 Å². The number of esters is 1. The minimum atomic E-state index is -3.89. The molecule has 0 bridgehead atoms. The lowest BCUT2D eigenvalue weighted by Gasteiger charge is -2.19. The third kappa shape index (κ3) is 20.5. The number of ether oxygens (including phenoxy) is 5. The van der Waals surface area contributed by atoms with Crippen LogP contribution in [0.1, 0.15) is 75.2 Å². The maximum absolute atomic E-state index is 12.9. The summed E-state index contributed by atoms with van der Waals surface area (Å²) in [5, 5.41) is 11.1. The van der Waals surface area contributed by atoms with Gasteiger partial charge >= 0.3 is 11.9 Å². The second-order valence-corrected chi connectivity index (χ2v) is 14.1. The summed E-state index contributed by atoms with van der Waals surface area (Å²) in [6.07, 6.45) is 5.66. The lowest BCUT2D eigenvalue weighted by atomic mass is 10.1. The summed E-state index contributed by atoms with van der Waals surface area (Å²) in [5.74, 6) is -1.66. The Bertz CT molecular complexity index is 1460. The van der Waals surface area contributed by atoms with Crippen LogP contribution in [-0.4, -0.2) is 107 Å². The number of carbonyl (C=O) groups excluding carboxylic acids is 3. The quantitative estimate of drug-likeness (QED) is 0.0887. The zero-order valence-corrected chi connectivity index (χ0v) is 30.5. The smallest absolute Gasteiger partial charge is 0.329 e. The average Bonchev–Trinajstić information content (AvgIpc) is 3.06. The van der Waals surface area contributed by atoms with Crippen molar-refractivity contribution in [2.24, 2.45) is 0 Å². The molecule has 51 heavy (non-hydrogen) atoms. The Morgan fingerprint density at radius 3 is 2.08 bits per heavy atom. The Kier molecular flexibility index (Phi) is 19.9. The number of nitrogens with one attached hydrogen (secondary N) is 2. The normalized spacial score (nSPS) is 11.6. The van der Waals surface area contributed by atoms with E-state index in [1.807, 2.05) is 20.8 Å². The number of hydrogen-bond donors (Lipinski definition) is 3. The minimum Gasteiger partial charge on any atom is -0.480 e. The van der Waals surface area contributed by atoms with Crippen molar-refractivity contribution in [2.75, 3.05) is 64.1 Å². The van der Waals surface area contributed by atoms with Crippen LogP contribution in [0.5, 0.6) is 0 Å². The van der Waals surface area contributed by atoms with Gasteiger partial charge in [0.05, 0.1) is 43.5 Å². The van der Waals surface area contributed by atoms with Crippen molar-refractivity contribution in [3.8, 4) is 0 Å². The molecule has 1 aromatic carbocycles. The first-order valence-corrected chi connectivity index (χ1v) is 18.4. The van der Waals surface area contributed by atoms with Gasteiger partial charge in [-0.15, -0.1) is 0 Å². The third-order valence-corrected chi connectivity index (χ3v) is 8.14. The van der Waals surface area contributed by atoms with Crippen LogP contribution in [0.15, 0.2) is 47.5 Å². The van der Waals surface area contributed by atoms with Crippen LogP contribution >= 0.6 is 0 Å². The molecule has 0 fully saturated rings. The number of Topliss-reactive ketones (excluding diaryl/α,β-unsaturated/α-hetero) is 1. The number of carboxylic acids is 1. The summed E-state index contributed by atoms with van der Waals surface area (Å²) < 4.78 is 54.3. The Hall–Kier alpha value is -3.96. The van der Waals surface area contributed by atoms with E-state index in [0.717, 1.165) is 31.2 Å². The fourth-order valence-electron chi connectivity index (χ4n) is 4.36. The summed E-state index contributed by atoms with van der Waals surface area (Å²) >= 11 is 0.